The molecule has 2 nitrogen and oxygen atoms in total. The van der Waals surface area contributed by atoms with Crippen molar-refractivity contribution in [1.29, 1.82) is 0 Å². The van der Waals surface area contributed by atoms with Crippen LogP contribution in [-0.2, 0) is 16.0 Å². The van der Waals surface area contributed by atoms with Crippen molar-refractivity contribution in [2.45, 2.75) is 6.42 Å². The fourth-order valence-electron chi connectivity index (χ4n) is 0.754. The summed E-state index contributed by atoms with van der Waals surface area (Å²) >= 11 is 3.39. The van der Waals surface area contributed by atoms with Gasteiger partial charge in [-0.05, 0) is 12.0 Å². The molecule has 13 heavy (non-hydrogen) atoms. The third-order valence-corrected chi connectivity index (χ3v) is 1.72. The molecule has 0 N–H and O–H groups in total. The van der Waals surface area contributed by atoms with Gasteiger partial charge in [0, 0.05) is 5.33 Å². The molecule has 0 aliphatic carbocycles. The highest BCUT2D eigenvalue weighted by atomic mass is 79.9. The minimum absolute atomic E-state index is 0.375. The van der Waals surface area contributed by atoms with Gasteiger partial charge in [0.1, 0.15) is 0 Å². The van der Waals surface area contributed by atoms with E-state index in [1.807, 2.05) is 6.07 Å². The van der Waals surface area contributed by atoms with Crippen molar-refractivity contribution in [3.8, 4) is 0 Å². The molecule has 3 heteroatoms. The van der Waals surface area contributed by atoms with Crippen LogP contribution in [0.1, 0.15) is 5.56 Å². The number of halogens is 1. The van der Waals surface area contributed by atoms with E-state index in [2.05, 4.69) is 44.9 Å². The van der Waals surface area contributed by atoms with Crippen LogP contribution in [0.2, 0.25) is 0 Å². The predicted octanol–water partition coefficient (Wildman–Crippen LogP) is 2.41. The highest BCUT2D eigenvalue weighted by Crippen LogP contribution is 2.00. The molecule has 0 aliphatic rings. The molecule has 72 valence electrons. The summed E-state index contributed by atoms with van der Waals surface area (Å²) in [4.78, 5) is 8.95. The Balaban J connectivity index is 0.000000310. The largest absolute Gasteiger partial charge is 0.471 e. The van der Waals surface area contributed by atoms with Gasteiger partial charge in [0.25, 0.3) is 6.47 Å². The summed E-state index contributed by atoms with van der Waals surface area (Å²) in [6.07, 6.45) is 1.13. The monoisotopic (exact) mass is 244 g/mol. The van der Waals surface area contributed by atoms with Gasteiger partial charge in [0.15, 0.2) is 0 Å². The molecule has 0 unspecified atom stereocenters. The predicted molar refractivity (Wildman–Crippen MR) is 57.0 cm³/mol. The van der Waals surface area contributed by atoms with Crippen LogP contribution in [0.25, 0.3) is 0 Å². The molecule has 0 aromatic heterocycles. The van der Waals surface area contributed by atoms with Crippen LogP contribution in [0.3, 0.4) is 0 Å². The van der Waals surface area contributed by atoms with Gasteiger partial charge in [0.05, 0.1) is 7.11 Å². The Bertz CT molecular complexity index is 211. The first kappa shape index (κ1) is 12.2. The number of hydrogen-bond acceptors (Lipinski definition) is 2. The van der Waals surface area contributed by atoms with Gasteiger partial charge >= 0.3 is 0 Å². The molecule has 0 saturated heterocycles. The van der Waals surface area contributed by atoms with Crippen molar-refractivity contribution >= 4 is 22.4 Å². The van der Waals surface area contributed by atoms with Crippen LogP contribution in [0.15, 0.2) is 30.3 Å². The van der Waals surface area contributed by atoms with Gasteiger partial charge in [0.2, 0.25) is 0 Å². The first-order chi connectivity index (χ1) is 6.35. The summed E-state index contributed by atoms with van der Waals surface area (Å²) in [6.45, 7) is 0.375. The van der Waals surface area contributed by atoms with Crippen molar-refractivity contribution < 1.29 is 9.53 Å². The van der Waals surface area contributed by atoms with E-state index >= 15 is 0 Å². The molecule has 0 bridgehead atoms. The zero-order valence-electron chi connectivity index (χ0n) is 7.57. The summed E-state index contributed by atoms with van der Waals surface area (Å²) in [7, 11) is 1.31. The quantitative estimate of drug-likeness (QED) is 0.603. The maximum Gasteiger partial charge on any atom is 0.292 e. The SMILES string of the molecule is BrCCc1ccccc1.COC=O. The summed E-state index contributed by atoms with van der Waals surface area (Å²) in [5, 5.41) is 1.05. The average molecular weight is 245 g/mol. The number of methoxy groups -OCH3 is 1. The van der Waals surface area contributed by atoms with E-state index in [0.29, 0.717) is 6.47 Å². The van der Waals surface area contributed by atoms with Gasteiger partial charge in [-0.25, -0.2) is 0 Å². The summed E-state index contributed by atoms with van der Waals surface area (Å²) in [5.74, 6) is 0. The van der Waals surface area contributed by atoms with Crippen molar-refractivity contribution in [1.82, 2.24) is 0 Å². The Labute approximate surface area is 87.0 Å². The Morgan fingerprint density at radius 1 is 1.38 bits per heavy atom. The molecular formula is C10H13BrO2. The third kappa shape index (κ3) is 7.53. The van der Waals surface area contributed by atoms with Crippen molar-refractivity contribution in [3.05, 3.63) is 35.9 Å². The zero-order valence-corrected chi connectivity index (χ0v) is 9.16. The van der Waals surface area contributed by atoms with E-state index in [4.69, 9.17) is 4.79 Å². The molecule has 0 amide bonds. The van der Waals surface area contributed by atoms with E-state index < -0.39 is 0 Å². The number of carbonyl (C=O) groups excluding carboxylic acids is 1. The highest BCUT2D eigenvalue weighted by Gasteiger charge is 1.85. The number of alkyl halides is 1. The molecule has 0 heterocycles. The van der Waals surface area contributed by atoms with Gasteiger partial charge < -0.3 is 4.74 Å². The Kier molecular flexibility index (Phi) is 8.67. The number of carbonyl (C=O) groups is 1. The van der Waals surface area contributed by atoms with E-state index in [1.165, 1.54) is 12.7 Å². The second-order valence-corrected chi connectivity index (χ2v) is 3.05. The molecule has 0 spiro atoms. The second-order valence-electron chi connectivity index (χ2n) is 2.26. The van der Waals surface area contributed by atoms with Crippen molar-refractivity contribution in [2.75, 3.05) is 12.4 Å². The van der Waals surface area contributed by atoms with Gasteiger partial charge in [-0.15, -0.1) is 0 Å². The lowest BCUT2D eigenvalue weighted by molar-refractivity contribution is -0.126. The molecular weight excluding hydrogens is 232 g/mol. The maximum absolute atomic E-state index is 8.95. The van der Waals surface area contributed by atoms with E-state index in [0.717, 1.165) is 11.8 Å². The summed E-state index contributed by atoms with van der Waals surface area (Å²) in [6, 6.07) is 10.5. The van der Waals surface area contributed by atoms with Gasteiger partial charge in [-0.1, -0.05) is 46.3 Å². The molecule has 0 fully saturated rings. The van der Waals surface area contributed by atoms with E-state index in [-0.39, 0.29) is 0 Å². The number of benzene rings is 1. The molecule has 0 atom stereocenters. The normalized spacial score (nSPS) is 8.15. The number of rotatable bonds is 3. The number of hydrogen-bond donors (Lipinski definition) is 0. The second kappa shape index (κ2) is 9.26. The van der Waals surface area contributed by atoms with Crippen LogP contribution in [0.5, 0.6) is 0 Å². The fourth-order valence-corrected chi connectivity index (χ4v) is 1.21. The number of aryl methyl sites for hydroxylation is 1. The van der Waals surface area contributed by atoms with E-state index in [9.17, 15) is 0 Å². The molecule has 0 radical (unpaired) electrons. The lowest BCUT2D eigenvalue weighted by atomic mass is 10.2. The van der Waals surface area contributed by atoms with Crippen LogP contribution < -0.4 is 0 Å². The first-order valence-corrected chi connectivity index (χ1v) is 5.03. The number of ether oxygens (including phenoxy) is 1. The Morgan fingerprint density at radius 3 is 2.31 bits per heavy atom. The smallest absolute Gasteiger partial charge is 0.292 e. The zero-order chi connectivity index (χ0) is 9.94. The topological polar surface area (TPSA) is 26.3 Å². The van der Waals surface area contributed by atoms with Gasteiger partial charge in [-0.2, -0.15) is 0 Å². The highest BCUT2D eigenvalue weighted by molar-refractivity contribution is 9.09. The molecule has 1 aromatic rings. The lowest BCUT2D eigenvalue weighted by Crippen LogP contribution is -1.82. The molecule has 0 saturated carbocycles. The molecule has 0 aliphatic heterocycles. The van der Waals surface area contributed by atoms with Crippen LogP contribution in [-0.4, -0.2) is 18.9 Å². The lowest BCUT2D eigenvalue weighted by Gasteiger charge is -1.92. The van der Waals surface area contributed by atoms with Crippen molar-refractivity contribution in [3.63, 3.8) is 0 Å². The van der Waals surface area contributed by atoms with E-state index in [1.54, 1.807) is 0 Å². The molecule has 1 aromatic carbocycles. The Hall–Kier alpha value is -0.830. The molecule has 1 rings (SSSR count). The van der Waals surface area contributed by atoms with Crippen LogP contribution in [0, 0.1) is 0 Å². The fraction of sp³-hybridized carbons (Fsp3) is 0.300. The average Bonchev–Trinajstić information content (AvgIpc) is 2.20. The first-order valence-electron chi connectivity index (χ1n) is 3.91. The summed E-state index contributed by atoms with van der Waals surface area (Å²) in [5.41, 5.74) is 1.40. The minimum Gasteiger partial charge on any atom is -0.471 e. The van der Waals surface area contributed by atoms with Crippen LogP contribution >= 0.6 is 15.9 Å². The van der Waals surface area contributed by atoms with Crippen molar-refractivity contribution in [2.24, 2.45) is 0 Å². The maximum atomic E-state index is 8.95. The Morgan fingerprint density at radius 2 is 1.92 bits per heavy atom. The minimum atomic E-state index is 0.375. The van der Waals surface area contributed by atoms with Gasteiger partial charge in [-0.3, -0.25) is 4.79 Å². The summed E-state index contributed by atoms with van der Waals surface area (Å²) < 4.78 is 3.86. The third-order valence-electron chi connectivity index (χ3n) is 1.32. The van der Waals surface area contributed by atoms with Crippen LogP contribution in [0.4, 0.5) is 0 Å². The standard InChI is InChI=1S/C8H9Br.C2H4O2/c9-7-6-8-4-2-1-3-5-8;1-4-2-3/h1-5H,6-7H2;2H,1H3.